The number of hydrogen-bond acceptors (Lipinski definition) is 5. The molecule has 20 heavy (non-hydrogen) atoms. The van der Waals surface area contributed by atoms with Gasteiger partial charge in [0.05, 0.1) is 37.6 Å². The normalized spacial score (nSPS) is 25.6. The van der Waals surface area contributed by atoms with Crippen molar-refractivity contribution < 1.29 is 9.84 Å². The summed E-state index contributed by atoms with van der Waals surface area (Å²) < 4.78 is 7.51. The van der Waals surface area contributed by atoms with Gasteiger partial charge in [0.15, 0.2) is 5.65 Å². The molecule has 0 amide bonds. The lowest BCUT2D eigenvalue weighted by molar-refractivity contribution is 0.0899. The minimum Gasteiger partial charge on any atom is -0.390 e. The second kappa shape index (κ2) is 4.43. The van der Waals surface area contributed by atoms with Crippen molar-refractivity contribution in [3.05, 3.63) is 23.5 Å². The molecule has 2 unspecified atom stereocenters. The van der Waals surface area contributed by atoms with E-state index in [0.717, 1.165) is 30.4 Å². The molecule has 6 nitrogen and oxygen atoms in total. The van der Waals surface area contributed by atoms with Gasteiger partial charge in [0, 0.05) is 17.8 Å². The smallest absolute Gasteiger partial charge is 0.157 e. The van der Waals surface area contributed by atoms with E-state index in [2.05, 4.69) is 21.0 Å². The molecule has 2 aromatic rings. The van der Waals surface area contributed by atoms with E-state index in [1.807, 2.05) is 17.5 Å². The van der Waals surface area contributed by atoms with Crippen molar-refractivity contribution in [3.8, 4) is 0 Å². The maximum Gasteiger partial charge on any atom is 0.157 e. The van der Waals surface area contributed by atoms with Gasteiger partial charge in [-0.25, -0.2) is 4.98 Å². The van der Waals surface area contributed by atoms with Crippen LogP contribution in [0.25, 0.3) is 5.65 Å². The molecule has 2 aromatic heterocycles. The molecule has 1 N–H and O–H groups in total. The number of ether oxygens (including phenoxy) is 1. The van der Waals surface area contributed by atoms with E-state index < -0.39 is 0 Å². The molecular weight excluding hydrogens is 256 g/mol. The van der Waals surface area contributed by atoms with Crippen LogP contribution in [0.1, 0.15) is 24.2 Å². The first-order valence-corrected chi connectivity index (χ1v) is 7.09. The third kappa shape index (κ3) is 1.72. The van der Waals surface area contributed by atoms with Gasteiger partial charge in [-0.2, -0.15) is 9.61 Å². The van der Waals surface area contributed by atoms with Crippen LogP contribution in [0.2, 0.25) is 0 Å². The van der Waals surface area contributed by atoms with Crippen molar-refractivity contribution in [3.63, 3.8) is 0 Å². The summed E-state index contributed by atoms with van der Waals surface area (Å²) in [4.78, 5) is 6.93. The first-order chi connectivity index (χ1) is 9.76. The first-order valence-electron chi connectivity index (χ1n) is 7.09. The number of fused-ring (bicyclic) bond motifs is 3. The Morgan fingerprint density at radius 2 is 2.05 bits per heavy atom. The molecule has 0 saturated carbocycles. The number of anilines is 1. The van der Waals surface area contributed by atoms with Crippen molar-refractivity contribution in [1.82, 2.24) is 14.6 Å². The van der Waals surface area contributed by atoms with Gasteiger partial charge in [0.1, 0.15) is 5.82 Å². The van der Waals surface area contributed by atoms with Crippen LogP contribution in [0.15, 0.2) is 12.1 Å². The topological polar surface area (TPSA) is 62.9 Å². The monoisotopic (exact) mass is 274 g/mol. The molecule has 0 spiro atoms. The van der Waals surface area contributed by atoms with Gasteiger partial charge >= 0.3 is 0 Å². The van der Waals surface area contributed by atoms with E-state index in [9.17, 15) is 5.11 Å². The molecule has 106 valence electrons. The van der Waals surface area contributed by atoms with Gasteiger partial charge < -0.3 is 14.7 Å². The predicted octanol–water partition coefficient (Wildman–Crippen LogP) is 0.898. The predicted molar refractivity (Wildman–Crippen MR) is 73.8 cm³/mol. The maximum atomic E-state index is 9.29. The summed E-state index contributed by atoms with van der Waals surface area (Å²) in [5.74, 6) is 1.07. The molecule has 6 heteroatoms. The number of rotatable bonds is 2. The van der Waals surface area contributed by atoms with E-state index in [4.69, 9.17) is 4.74 Å². The highest BCUT2D eigenvalue weighted by Gasteiger charge is 2.38. The largest absolute Gasteiger partial charge is 0.390 e. The van der Waals surface area contributed by atoms with Crippen LogP contribution < -0.4 is 4.90 Å². The molecule has 2 fully saturated rings. The molecule has 0 aliphatic carbocycles. The van der Waals surface area contributed by atoms with Crippen molar-refractivity contribution in [2.45, 2.75) is 38.5 Å². The van der Waals surface area contributed by atoms with Gasteiger partial charge in [-0.05, 0) is 19.8 Å². The molecule has 2 bridgehead atoms. The van der Waals surface area contributed by atoms with Crippen LogP contribution in [-0.4, -0.2) is 45.0 Å². The Morgan fingerprint density at radius 3 is 2.75 bits per heavy atom. The number of aliphatic hydroxyl groups is 1. The lowest BCUT2D eigenvalue weighted by atomic mass is 10.2. The Morgan fingerprint density at radius 1 is 1.30 bits per heavy atom. The number of hydrogen-bond donors (Lipinski definition) is 1. The number of aliphatic hydroxyl groups excluding tert-OH is 1. The van der Waals surface area contributed by atoms with Gasteiger partial charge in [0.2, 0.25) is 0 Å². The third-order valence-electron chi connectivity index (χ3n) is 4.25. The third-order valence-corrected chi connectivity index (χ3v) is 4.25. The fourth-order valence-corrected chi connectivity index (χ4v) is 3.39. The van der Waals surface area contributed by atoms with Gasteiger partial charge in [-0.1, -0.05) is 0 Å². The van der Waals surface area contributed by atoms with Gasteiger partial charge in [-0.15, -0.1) is 0 Å². The van der Waals surface area contributed by atoms with Crippen LogP contribution >= 0.6 is 0 Å². The Hall–Kier alpha value is -1.66. The Bertz CT molecular complexity index is 638. The molecule has 4 rings (SSSR count). The summed E-state index contributed by atoms with van der Waals surface area (Å²) in [7, 11) is 0. The molecular formula is C14H18N4O2. The number of aromatic nitrogens is 3. The maximum absolute atomic E-state index is 9.29. The Labute approximate surface area is 117 Å². The van der Waals surface area contributed by atoms with Crippen molar-refractivity contribution in [2.75, 3.05) is 18.1 Å². The van der Waals surface area contributed by atoms with E-state index in [1.165, 1.54) is 12.8 Å². The summed E-state index contributed by atoms with van der Waals surface area (Å²) in [6.07, 6.45) is 2.34. The number of nitrogens with zero attached hydrogens (tertiary/aromatic N) is 4. The molecule has 2 aliphatic rings. The van der Waals surface area contributed by atoms with E-state index in [-0.39, 0.29) is 6.61 Å². The van der Waals surface area contributed by atoms with Gasteiger partial charge in [-0.3, -0.25) is 0 Å². The average Bonchev–Trinajstić information content (AvgIpc) is 2.96. The molecule has 4 heterocycles. The van der Waals surface area contributed by atoms with Crippen molar-refractivity contribution in [2.24, 2.45) is 0 Å². The number of aryl methyl sites for hydroxylation is 1. The summed E-state index contributed by atoms with van der Waals surface area (Å²) >= 11 is 0. The molecule has 0 aromatic carbocycles. The van der Waals surface area contributed by atoms with E-state index in [1.54, 1.807) is 0 Å². The molecule has 0 radical (unpaired) electrons. The van der Waals surface area contributed by atoms with Crippen LogP contribution in [0, 0.1) is 6.92 Å². The van der Waals surface area contributed by atoms with Crippen LogP contribution in [0.4, 0.5) is 5.82 Å². The zero-order valence-electron chi connectivity index (χ0n) is 11.5. The highest BCUT2D eigenvalue weighted by atomic mass is 16.5. The lowest BCUT2D eigenvalue weighted by Gasteiger charge is -2.36. The van der Waals surface area contributed by atoms with Crippen LogP contribution in [0.5, 0.6) is 0 Å². The second-order valence-corrected chi connectivity index (χ2v) is 5.65. The zero-order valence-corrected chi connectivity index (χ0v) is 11.5. The van der Waals surface area contributed by atoms with Crippen molar-refractivity contribution in [1.29, 1.82) is 0 Å². The zero-order chi connectivity index (χ0) is 13.7. The van der Waals surface area contributed by atoms with E-state index >= 15 is 0 Å². The fourth-order valence-electron chi connectivity index (χ4n) is 3.39. The highest BCUT2D eigenvalue weighted by molar-refractivity contribution is 5.54. The minimum absolute atomic E-state index is 0.0577. The summed E-state index contributed by atoms with van der Waals surface area (Å²) in [5, 5.41) is 13.8. The minimum atomic E-state index is -0.0577. The molecule has 2 aliphatic heterocycles. The average molecular weight is 274 g/mol. The quantitative estimate of drug-likeness (QED) is 0.881. The first kappa shape index (κ1) is 12.1. The Kier molecular flexibility index (Phi) is 2.68. The summed E-state index contributed by atoms with van der Waals surface area (Å²) in [6.45, 7) is 3.51. The standard InChI is InChI=1S/C14H18N4O2/c1-9-4-14(17-11-2-3-12(17)8-20-7-11)18-13(15-9)5-10(6-19)16-18/h4-5,11-12,19H,2-3,6-8H2,1H3. The van der Waals surface area contributed by atoms with Crippen LogP contribution in [-0.2, 0) is 11.3 Å². The number of morpholine rings is 1. The fraction of sp³-hybridized carbons (Fsp3) is 0.571. The van der Waals surface area contributed by atoms with Crippen molar-refractivity contribution >= 4 is 11.5 Å². The summed E-state index contributed by atoms with van der Waals surface area (Å²) in [5.41, 5.74) is 2.43. The molecule has 2 saturated heterocycles. The van der Waals surface area contributed by atoms with Crippen LogP contribution in [0.3, 0.4) is 0 Å². The van der Waals surface area contributed by atoms with Gasteiger partial charge in [0.25, 0.3) is 0 Å². The second-order valence-electron chi connectivity index (χ2n) is 5.65. The highest BCUT2D eigenvalue weighted by Crippen LogP contribution is 2.34. The summed E-state index contributed by atoms with van der Waals surface area (Å²) in [6, 6.07) is 4.79. The Balaban J connectivity index is 1.88. The SMILES string of the molecule is Cc1cc(N2C3CCC2COC3)n2nc(CO)cc2n1. The lowest BCUT2D eigenvalue weighted by Crippen LogP contribution is -2.46. The van der Waals surface area contributed by atoms with E-state index in [0.29, 0.717) is 17.8 Å². The molecule has 2 atom stereocenters.